The van der Waals surface area contributed by atoms with Crippen molar-refractivity contribution in [3.63, 3.8) is 0 Å². The fourth-order valence-corrected chi connectivity index (χ4v) is 2.31. The quantitative estimate of drug-likeness (QED) is 0.849. The van der Waals surface area contributed by atoms with Gasteiger partial charge in [-0.15, -0.1) is 0 Å². The summed E-state index contributed by atoms with van der Waals surface area (Å²) in [6.07, 6.45) is 0. The third-order valence-electron chi connectivity index (χ3n) is 3.36. The van der Waals surface area contributed by atoms with Gasteiger partial charge < -0.3 is 10.1 Å². The zero-order valence-electron chi connectivity index (χ0n) is 12.6. The third-order valence-corrected chi connectivity index (χ3v) is 3.36. The van der Waals surface area contributed by atoms with E-state index in [4.69, 9.17) is 4.74 Å². The van der Waals surface area contributed by atoms with Gasteiger partial charge in [0.25, 0.3) is 0 Å². The van der Waals surface area contributed by atoms with Crippen LogP contribution in [0.25, 0.3) is 11.1 Å². The normalized spacial score (nSPS) is 10.6. The summed E-state index contributed by atoms with van der Waals surface area (Å²) < 4.78 is 5.75. The van der Waals surface area contributed by atoms with E-state index < -0.39 is 0 Å². The highest BCUT2D eigenvalue weighted by Crippen LogP contribution is 2.32. The zero-order valence-corrected chi connectivity index (χ0v) is 12.6. The highest BCUT2D eigenvalue weighted by atomic mass is 16.5. The van der Waals surface area contributed by atoms with E-state index >= 15 is 0 Å². The van der Waals surface area contributed by atoms with E-state index in [0.717, 1.165) is 18.8 Å². The number of para-hydroxylation sites is 1. The van der Waals surface area contributed by atoms with Gasteiger partial charge in [0, 0.05) is 12.1 Å². The maximum atomic E-state index is 5.75. The molecule has 0 unspecified atom stereocenters. The Labute approximate surface area is 121 Å². The molecule has 2 nitrogen and oxygen atoms in total. The maximum Gasteiger partial charge on any atom is 0.127 e. The number of ether oxygens (including phenoxy) is 1. The fraction of sp³-hybridized carbons (Fsp3) is 0.333. The molecule has 0 saturated heterocycles. The van der Waals surface area contributed by atoms with Crippen molar-refractivity contribution in [2.75, 3.05) is 13.2 Å². The number of nitrogens with one attached hydrogen (secondary N) is 1. The second-order valence-electron chi connectivity index (χ2n) is 4.86. The molecule has 2 heteroatoms. The highest BCUT2D eigenvalue weighted by molar-refractivity contribution is 5.73. The Morgan fingerprint density at radius 2 is 1.80 bits per heavy atom. The van der Waals surface area contributed by atoms with E-state index in [2.05, 4.69) is 49.5 Å². The number of aryl methyl sites for hydroxylation is 1. The Bertz CT molecular complexity index is 563. The minimum absolute atomic E-state index is 0.688. The van der Waals surface area contributed by atoms with Crippen molar-refractivity contribution >= 4 is 0 Å². The molecular weight excluding hydrogens is 246 g/mol. The monoisotopic (exact) mass is 269 g/mol. The van der Waals surface area contributed by atoms with Crippen molar-refractivity contribution in [1.29, 1.82) is 0 Å². The van der Waals surface area contributed by atoms with Crippen LogP contribution in [-0.4, -0.2) is 13.2 Å². The molecule has 0 fully saturated rings. The molecule has 0 atom stereocenters. The van der Waals surface area contributed by atoms with Crippen molar-refractivity contribution in [2.45, 2.75) is 27.3 Å². The van der Waals surface area contributed by atoms with Gasteiger partial charge in [-0.2, -0.15) is 0 Å². The molecule has 0 bridgehead atoms. The summed E-state index contributed by atoms with van der Waals surface area (Å²) in [4.78, 5) is 0. The molecule has 0 heterocycles. The number of hydrogen-bond acceptors (Lipinski definition) is 2. The van der Waals surface area contributed by atoms with Crippen LogP contribution in [0.4, 0.5) is 0 Å². The van der Waals surface area contributed by atoms with Crippen molar-refractivity contribution in [1.82, 2.24) is 5.32 Å². The van der Waals surface area contributed by atoms with Crippen LogP contribution < -0.4 is 10.1 Å². The molecule has 2 rings (SSSR count). The lowest BCUT2D eigenvalue weighted by Crippen LogP contribution is -2.11. The predicted octanol–water partition coefficient (Wildman–Crippen LogP) is 4.17. The molecular formula is C18H23NO. The molecule has 1 N–H and O–H groups in total. The van der Waals surface area contributed by atoms with Gasteiger partial charge in [-0.25, -0.2) is 0 Å². The minimum Gasteiger partial charge on any atom is -0.493 e. The van der Waals surface area contributed by atoms with Crippen LogP contribution in [0.15, 0.2) is 42.5 Å². The lowest BCUT2D eigenvalue weighted by molar-refractivity contribution is 0.341. The average Bonchev–Trinajstić information content (AvgIpc) is 2.47. The van der Waals surface area contributed by atoms with Gasteiger partial charge in [0.15, 0.2) is 0 Å². The first kappa shape index (κ1) is 14.6. The number of rotatable bonds is 6. The Morgan fingerprint density at radius 1 is 1.00 bits per heavy atom. The topological polar surface area (TPSA) is 21.3 Å². The van der Waals surface area contributed by atoms with Gasteiger partial charge >= 0.3 is 0 Å². The SMILES string of the molecule is CCNCc1ccc(C)c(-c2ccccc2OCC)c1. The number of hydrogen-bond donors (Lipinski definition) is 1. The highest BCUT2D eigenvalue weighted by Gasteiger charge is 2.09. The molecule has 20 heavy (non-hydrogen) atoms. The van der Waals surface area contributed by atoms with Gasteiger partial charge in [-0.05, 0) is 49.2 Å². The first-order chi connectivity index (χ1) is 9.76. The van der Waals surface area contributed by atoms with E-state index in [1.54, 1.807) is 0 Å². The van der Waals surface area contributed by atoms with E-state index in [1.807, 2.05) is 19.1 Å². The molecule has 0 aliphatic heterocycles. The van der Waals surface area contributed by atoms with Gasteiger partial charge in [0.2, 0.25) is 0 Å². The molecule has 2 aromatic rings. The molecule has 106 valence electrons. The fourth-order valence-electron chi connectivity index (χ4n) is 2.31. The first-order valence-electron chi connectivity index (χ1n) is 7.28. The lowest BCUT2D eigenvalue weighted by Gasteiger charge is -2.14. The molecule has 0 aliphatic rings. The molecule has 0 saturated carbocycles. The lowest BCUT2D eigenvalue weighted by atomic mass is 9.97. The molecule has 0 aromatic heterocycles. The second-order valence-corrected chi connectivity index (χ2v) is 4.86. The van der Waals surface area contributed by atoms with Crippen LogP contribution in [-0.2, 0) is 6.54 Å². The van der Waals surface area contributed by atoms with Crippen LogP contribution in [0.2, 0.25) is 0 Å². The van der Waals surface area contributed by atoms with Crippen LogP contribution in [0.3, 0.4) is 0 Å². The zero-order chi connectivity index (χ0) is 14.4. The standard InChI is InChI=1S/C18H23NO/c1-4-19-13-15-11-10-14(3)17(12-15)16-8-6-7-9-18(16)20-5-2/h6-12,19H,4-5,13H2,1-3H3. The van der Waals surface area contributed by atoms with Gasteiger partial charge in [-0.3, -0.25) is 0 Å². The Hall–Kier alpha value is -1.80. The largest absolute Gasteiger partial charge is 0.493 e. The Balaban J connectivity index is 2.40. The van der Waals surface area contributed by atoms with Crippen molar-refractivity contribution in [3.8, 4) is 16.9 Å². The predicted molar refractivity (Wildman–Crippen MR) is 85.2 cm³/mol. The minimum atomic E-state index is 0.688. The van der Waals surface area contributed by atoms with E-state index in [-0.39, 0.29) is 0 Å². The van der Waals surface area contributed by atoms with Gasteiger partial charge in [0.05, 0.1) is 6.61 Å². The van der Waals surface area contributed by atoms with Crippen molar-refractivity contribution in [3.05, 3.63) is 53.6 Å². The Morgan fingerprint density at radius 3 is 2.55 bits per heavy atom. The molecule has 0 amide bonds. The first-order valence-corrected chi connectivity index (χ1v) is 7.28. The maximum absolute atomic E-state index is 5.75. The summed E-state index contributed by atoms with van der Waals surface area (Å²) in [5.74, 6) is 0.957. The summed E-state index contributed by atoms with van der Waals surface area (Å²) in [5.41, 5.74) is 5.01. The average molecular weight is 269 g/mol. The van der Waals surface area contributed by atoms with Crippen molar-refractivity contribution in [2.24, 2.45) is 0 Å². The van der Waals surface area contributed by atoms with Gasteiger partial charge in [-0.1, -0.05) is 37.3 Å². The van der Waals surface area contributed by atoms with E-state index in [1.165, 1.54) is 22.3 Å². The summed E-state index contributed by atoms with van der Waals surface area (Å²) in [6.45, 7) is 8.87. The van der Waals surface area contributed by atoms with Crippen LogP contribution in [0.5, 0.6) is 5.75 Å². The van der Waals surface area contributed by atoms with Crippen LogP contribution in [0.1, 0.15) is 25.0 Å². The summed E-state index contributed by atoms with van der Waals surface area (Å²) >= 11 is 0. The molecule has 0 spiro atoms. The summed E-state index contributed by atoms with van der Waals surface area (Å²) in [5, 5.41) is 3.37. The Kier molecular flexibility index (Phi) is 5.19. The second kappa shape index (κ2) is 7.11. The van der Waals surface area contributed by atoms with E-state index in [9.17, 15) is 0 Å². The summed E-state index contributed by atoms with van der Waals surface area (Å²) in [7, 11) is 0. The molecule has 0 aliphatic carbocycles. The van der Waals surface area contributed by atoms with Gasteiger partial charge in [0.1, 0.15) is 5.75 Å². The van der Waals surface area contributed by atoms with Crippen LogP contribution in [0, 0.1) is 6.92 Å². The third kappa shape index (κ3) is 3.40. The van der Waals surface area contributed by atoms with E-state index in [0.29, 0.717) is 6.61 Å². The molecule has 0 radical (unpaired) electrons. The van der Waals surface area contributed by atoms with Crippen molar-refractivity contribution < 1.29 is 4.74 Å². The molecule has 2 aromatic carbocycles. The van der Waals surface area contributed by atoms with Crippen LogP contribution >= 0.6 is 0 Å². The summed E-state index contributed by atoms with van der Waals surface area (Å²) in [6, 6.07) is 14.9. The number of benzene rings is 2. The smallest absolute Gasteiger partial charge is 0.127 e.